The topological polar surface area (TPSA) is 61.5 Å². The molecule has 0 N–H and O–H groups in total. The third-order valence-corrected chi connectivity index (χ3v) is 5.47. The van der Waals surface area contributed by atoms with Gasteiger partial charge in [-0.1, -0.05) is 48.2 Å². The summed E-state index contributed by atoms with van der Waals surface area (Å²) in [4.78, 5) is 0. The van der Waals surface area contributed by atoms with Gasteiger partial charge < -0.3 is 9.47 Å². The summed E-state index contributed by atoms with van der Waals surface area (Å²) in [6, 6.07) is 16.1. The van der Waals surface area contributed by atoms with Gasteiger partial charge in [-0.3, -0.25) is 0 Å². The number of rotatable bonds is 5. The van der Waals surface area contributed by atoms with Crippen LogP contribution in [-0.2, 0) is 6.42 Å². The Morgan fingerprint density at radius 3 is 2.52 bits per heavy atom. The van der Waals surface area contributed by atoms with Crippen molar-refractivity contribution in [2.45, 2.75) is 23.8 Å². The maximum absolute atomic E-state index is 5.40. The minimum atomic E-state index is 0.220. The van der Waals surface area contributed by atoms with Gasteiger partial charge in [-0.05, 0) is 30.2 Å². The second-order valence-electron chi connectivity index (χ2n) is 6.19. The van der Waals surface area contributed by atoms with E-state index in [9.17, 15) is 0 Å². The predicted molar refractivity (Wildman–Crippen MR) is 106 cm³/mol. The van der Waals surface area contributed by atoms with Gasteiger partial charge in [-0.15, -0.1) is 10.2 Å². The van der Waals surface area contributed by atoms with Crippen LogP contribution in [0.1, 0.15) is 23.9 Å². The molecule has 1 aliphatic heterocycles. The number of benzene rings is 2. The standard InChI is InChI=1S/C20H20N4O2S/c1-13-19(15-7-5-4-6-8-15)23-24-18(21-22-20(24)27-13)12-14-9-10-16(25-2)17(11-14)26-3/h4-11,13H,12H2,1-3H3. The Kier molecular flexibility index (Phi) is 4.85. The van der Waals surface area contributed by atoms with E-state index >= 15 is 0 Å². The van der Waals surface area contributed by atoms with E-state index in [0.29, 0.717) is 17.9 Å². The molecule has 2 heterocycles. The molecule has 4 rings (SSSR count). The van der Waals surface area contributed by atoms with Crippen molar-refractivity contribution < 1.29 is 9.47 Å². The van der Waals surface area contributed by atoms with Crippen LogP contribution < -0.4 is 9.47 Å². The Morgan fingerprint density at radius 2 is 1.78 bits per heavy atom. The monoisotopic (exact) mass is 380 g/mol. The Morgan fingerprint density at radius 1 is 1.00 bits per heavy atom. The van der Waals surface area contributed by atoms with Gasteiger partial charge in [0, 0.05) is 6.42 Å². The number of fused-ring (bicyclic) bond motifs is 1. The molecule has 0 bridgehead atoms. The lowest BCUT2D eigenvalue weighted by atomic mass is 10.1. The van der Waals surface area contributed by atoms with Crippen LogP contribution in [0.15, 0.2) is 58.8 Å². The number of ether oxygens (including phenoxy) is 2. The predicted octanol–water partition coefficient (Wildman–Crippen LogP) is 3.63. The van der Waals surface area contributed by atoms with Gasteiger partial charge in [0.15, 0.2) is 17.3 Å². The largest absolute Gasteiger partial charge is 0.493 e. The number of hydrogen-bond acceptors (Lipinski definition) is 6. The number of aromatic nitrogens is 3. The zero-order chi connectivity index (χ0) is 18.8. The average molecular weight is 380 g/mol. The Balaban J connectivity index is 1.68. The minimum Gasteiger partial charge on any atom is -0.493 e. The number of nitrogens with zero attached hydrogens (tertiary/aromatic N) is 4. The van der Waals surface area contributed by atoms with Gasteiger partial charge in [-0.2, -0.15) is 9.78 Å². The van der Waals surface area contributed by atoms with E-state index in [1.54, 1.807) is 26.0 Å². The van der Waals surface area contributed by atoms with Crippen LogP contribution >= 0.6 is 11.8 Å². The van der Waals surface area contributed by atoms with Crippen molar-refractivity contribution in [2.75, 3.05) is 14.2 Å². The molecule has 1 atom stereocenters. The summed E-state index contributed by atoms with van der Waals surface area (Å²) >= 11 is 1.67. The maximum atomic E-state index is 5.40. The summed E-state index contributed by atoms with van der Waals surface area (Å²) in [6.45, 7) is 2.14. The van der Waals surface area contributed by atoms with Gasteiger partial charge in [0.05, 0.1) is 25.2 Å². The third kappa shape index (κ3) is 3.42. The first kappa shape index (κ1) is 17.6. The Bertz CT molecular complexity index is 985. The van der Waals surface area contributed by atoms with Crippen LogP contribution in [0.5, 0.6) is 11.5 Å². The zero-order valence-electron chi connectivity index (χ0n) is 15.4. The van der Waals surface area contributed by atoms with E-state index in [1.165, 1.54) is 0 Å². The van der Waals surface area contributed by atoms with Crippen LogP contribution in [0.4, 0.5) is 0 Å². The Hall–Kier alpha value is -2.80. The molecule has 1 aromatic heterocycles. The SMILES string of the molecule is COc1ccc(Cc2nnc3n2N=C(c2ccccc2)C(C)S3)cc1OC. The van der Waals surface area contributed by atoms with Crippen molar-refractivity contribution in [3.8, 4) is 11.5 Å². The van der Waals surface area contributed by atoms with E-state index in [0.717, 1.165) is 27.8 Å². The highest BCUT2D eigenvalue weighted by Gasteiger charge is 2.25. The van der Waals surface area contributed by atoms with Crippen LogP contribution in [-0.4, -0.2) is 40.1 Å². The molecular weight excluding hydrogens is 360 g/mol. The first-order valence-corrected chi connectivity index (χ1v) is 9.53. The van der Waals surface area contributed by atoms with Crippen molar-refractivity contribution in [3.63, 3.8) is 0 Å². The summed E-state index contributed by atoms with van der Waals surface area (Å²) < 4.78 is 12.6. The summed E-state index contributed by atoms with van der Waals surface area (Å²) in [5.74, 6) is 2.20. The molecule has 2 aromatic carbocycles. The first-order chi connectivity index (χ1) is 13.2. The van der Waals surface area contributed by atoms with Crippen molar-refractivity contribution in [3.05, 3.63) is 65.5 Å². The third-order valence-electron chi connectivity index (χ3n) is 4.43. The number of thioether (sulfide) groups is 1. The molecule has 1 unspecified atom stereocenters. The first-order valence-electron chi connectivity index (χ1n) is 8.65. The average Bonchev–Trinajstić information content (AvgIpc) is 3.09. The van der Waals surface area contributed by atoms with Crippen LogP contribution in [0, 0.1) is 0 Å². The second kappa shape index (κ2) is 7.44. The molecule has 0 saturated carbocycles. The van der Waals surface area contributed by atoms with Gasteiger partial charge in [0.1, 0.15) is 0 Å². The van der Waals surface area contributed by atoms with Crippen molar-refractivity contribution in [2.24, 2.45) is 5.10 Å². The molecule has 0 saturated heterocycles. The molecular formula is C20H20N4O2S. The summed E-state index contributed by atoms with van der Waals surface area (Å²) in [6.07, 6.45) is 0.605. The molecule has 0 aliphatic carbocycles. The molecule has 0 radical (unpaired) electrons. The van der Waals surface area contributed by atoms with Crippen LogP contribution in [0.25, 0.3) is 0 Å². The lowest BCUT2D eigenvalue weighted by Crippen LogP contribution is -2.22. The van der Waals surface area contributed by atoms with Gasteiger partial charge in [0.2, 0.25) is 5.16 Å². The van der Waals surface area contributed by atoms with E-state index in [2.05, 4.69) is 29.3 Å². The van der Waals surface area contributed by atoms with Crippen LogP contribution in [0.3, 0.4) is 0 Å². The minimum absolute atomic E-state index is 0.220. The highest BCUT2D eigenvalue weighted by atomic mass is 32.2. The quantitative estimate of drug-likeness (QED) is 0.676. The molecule has 6 nitrogen and oxygen atoms in total. The molecule has 138 valence electrons. The summed E-state index contributed by atoms with van der Waals surface area (Å²) in [7, 11) is 3.26. The molecule has 0 fully saturated rings. The fourth-order valence-corrected chi connectivity index (χ4v) is 4.00. The van der Waals surface area contributed by atoms with E-state index in [4.69, 9.17) is 14.6 Å². The van der Waals surface area contributed by atoms with Gasteiger partial charge in [0.25, 0.3) is 0 Å². The van der Waals surface area contributed by atoms with Crippen molar-refractivity contribution in [1.82, 2.24) is 14.9 Å². The van der Waals surface area contributed by atoms with Crippen LogP contribution in [0.2, 0.25) is 0 Å². The normalized spacial score (nSPS) is 15.8. The summed E-state index contributed by atoms with van der Waals surface area (Å²) in [5, 5.41) is 14.6. The summed E-state index contributed by atoms with van der Waals surface area (Å²) in [5.41, 5.74) is 3.21. The fourth-order valence-electron chi connectivity index (χ4n) is 3.06. The van der Waals surface area contributed by atoms with Gasteiger partial charge >= 0.3 is 0 Å². The zero-order valence-corrected chi connectivity index (χ0v) is 16.2. The van der Waals surface area contributed by atoms with E-state index in [-0.39, 0.29) is 5.25 Å². The molecule has 3 aromatic rings. The van der Waals surface area contributed by atoms with Crippen molar-refractivity contribution in [1.29, 1.82) is 0 Å². The van der Waals surface area contributed by atoms with E-state index < -0.39 is 0 Å². The lowest BCUT2D eigenvalue weighted by molar-refractivity contribution is 0.354. The molecule has 27 heavy (non-hydrogen) atoms. The fraction of sp³-hybridized carbons (Fsp3) is 0.250. The smallest absolute Gasteiger partial charge is 0.212 e. The second-order valence-corrected chi connectivity index (χ2v) is 7.50. The molecule has 0 spiro atoms. The highest BCUT2D eigenvalue weighted by Crippen LogP contribution is 2.32. The van der Waals surface area contributed by atoms with E-state index in [1.807, 2.05) is 41.1 Å². The number of hydrogen-bond donors (Lipinski definition) is 0. The highest BCUT2D eigenvalue weighted by molar-refractivity contribution is 8.00. The lowest BCUT2D eigenvalue weighted by Gasteiger charge is -2.20. The maximum Gasteiger partial charge on any atom is 0.212 e. The van der Waals surface area contributed by atoms with Gasteiger partial charge in [-0.25, -0.2) is 0 Å². The molecule has 1 aliphatic rings. The number of methoxy groups -OCH3 is 2. The Labute approximate surface area is 162 Å². The van der Waals surface area contributed by atoms with Crippen molar-refractivity contribution >= 4 is 17.5 Å². The molecule has 0 amide bonds. The molecule has 7 heteroatoms.